The molecule has 0 saturated carbocycles. The van der Waals surface area contributed by atoms with E-state index in [1.165, 1.54) is 0 Å². The lowest BCUT2D eigenvalue weighted by molar-refractivity contribution is -0.123. The molecule has 0 saturated heterocycles. The molecule has 2 N–H and O–H groups in total. The van der Waals surface area contributed by atoms with Gasteiger partial charge in [0, 0.05) is 10.6 Å². The van der Waals surface area contributed by atoms with Crippen LogP contribution in [0.4, 0.5) is 0 Å². The fourth-order valence-corrected chi connectivity index (χ4v) is 2.27. The molecular weight excluding hydrogens is 328 g/mol. The maximum absolute atomic E-state index is 11.8. The molecule has 0 bridgehead atoms. The van der Waals surface area contributed by atoms with Gasteiger partial charge in [0.15, 0.2) is 6.61 Å². The number of hydrogen-bond donors (Lipinski definition) is 2. The summed E-state index contributed by atoms with van der Waals surface area (Å²) in [5, 5.41) is 14.4. The summed E-state index contributed by atoms with van der Waals surface area (Å²) >= 11 is 6.09. The number of carbonyl (C=O) groups excluding carboxylic acids is 1. The van der Waals surface area contributed by atoms with Crippen molar-refractivity contribution in [2.24, 2.45) is 5.10 Å². The zero-order chi connectivity index (χ0) is 17.7. The molecule has 1 amide bonds. The molecule has 2 aromatic carbocycles. The lowest BCUT2D eigenvalue weighted by Gasteiger charge is -2.09. The largest absolute Gasteiger partial charge is 0.507 e. The van der Waals surface area contributed by atoms with Crippen molar-refractivity contribution in [2.75, 3.05) is 6.61 Å². The van der Waals surface area contributed by atoms with Gasteiger partial charge in [-0.25, -0.2) is 5.43 Å². The van der Waals surface area contributed by atoms with E-state index < -0.39 is 5.91 Å². The summed E-state index contributed by atoms with van der Waals surface area (Å²) in [6.45, 7) is 5.28. The second kappa shape index (κ2) is 7.84. The Labute approximate surface area is 145 Å². The third kappa shape index (κ3) is 4.49. The second-order valence-electron chi connectivity index (χ2n) is 5.41. The number of nitrogens with zero attached hydrogens (tertiary/aromatic N) is 1. The fraction of sp³-hybridized carbons (Fsp3) is 0.222. The lowest BCUT2D eigenvalue weighted by Crippen LogP contribution is -2.25. The van der Waals surface area contributed by atoms with Crippen LogP contribution < -0.4 is 10.2 Å². The predicted octanol–water partition coefficient (Wildman–Crippen LogP) is 3.58. The van der Waals surface area contributed by atoms with E-state index in [1.54, 1.807) is 43.3 Å². The average molecular weight is 347 g/mol. The van der Waals surface area contributed by atoms with Gasteiger partial charge in [-0.05, 0) is 56.2 Å². The molecule has 0 radical (unpaired) electrons. The molecule has 0 aliphatic carbocycles. The molecule has 0 aliphatic rings. The van der Waals surface area contributed by atoms with E-state index in [2.05, 4.69) is 10.5 Å². The number of para-hydroxylation sites is 1. The standard InChI is InChI=1S/C18H19ClN2O3/c1-11-8-14(9-12(2)18(11)19)24-10-17(23)21-20-13(3)15-6-4-5-7-16(15)22/h4-9,22H,10H2,1-3H3,(H,21,23). The van der Waals surface area contributed by atoms with Gasteiger partial charge in [0.25, 0.3) is 5.91 Å². The van der Waals surface area contributed by atoms with Crippen molar-refractivity contribution in [3.63, 3.8) is 0 Å². The van der Waals surface area contributed by atoms with Crippen LogP contribution in [0.1, 0.15) is 23.6 Å². The maximum Gasteiger partial charge on any atom is 0.277 e. The molecule has 24 heavy (non-hydrogen) atoms. The molecule has 6 heteroatoms. The van der Waals surface area contributed by atoms with Gasteiger partial charge in [-0.1, -0.05) is 23.7 Å². The fourth-order valence-electron chi connectivity index (χ4n) is 2.16. The minimum absolute atomic E-state index is 0.108. The summed E-state index contributed by atoms with van der Waals surface area (Å²) < 4.78 is 5.46. The minimum atomic E-state index is -0.393. The highest BCUT2D eigenvalue weighted by Crippen LogP contribution is 2.25. The Morgan fingerprint density at radius 1 is 1.25 bits per heavy atom. The van der Waals surface area contributed by atoms with Crippen LogP contribution in [0, 0.1) is 13.8 Å². The molecular formula is C18H19ClN2O3. The van der Waals surface area contributed by atoms with Crippen molar-refractivity contribution in [1.29, 1.82) is 0 Å². The zero-order valence-electron chi connectivity index (χ0n) is 13.8. The molecule has 0 fully saturated rings. The minimum Gasteiger partial charge on any atom is -0.507 e. The molecule has 5 nitrogen and oxygen atoms in total. The number of amides is 1. The number of ether oxygens (including phenoxy) is 1. The topological polar surface area (TPSA) is 70.9 Å². The average Bonchev–Trinajstić information content (AvgIpc) is 2.56. The van der Waals surface area contributed by atoms with Gasteiger partial charge in [-0.2, -0.15) is 5.10 Å². The van der Waals surface area contributed by atoms with Crippen LogP contribution in [0.5, 0.6) is 11.5 Å². The van der Waals surface area contributed by atoms with Gasteiger partial charge in [-0.3, -0.25) is 4.79 Å². The summed E-state index contributed by atoms with van der Waals surface area (Å²) in [4.78, 5) is 11.8. The first-order valence-electron chi connectivity index (χ1n) is 7.39. The van der Waals surface area contributed by atoms with Crippen LogP contribution >= 0.6 is 11.6 Å². The molecule has 126 valence electrons. The van der Waals surface area contributed by atoms with Gasteiger partial charge in [-0.15, -0.1) is 0 Å². The van der Waals surface area contributed by atoms with Crippen molar-refractivity contribution in [3.8, 4) is 11.5 Å². The number of nitrogens with one attached hydrogen (secondary N) is 1. The van der Waals surface area contributed by atoms with Gasteiger partial charge < -0.3 is 9.84 Å². The highest BCUT2D eigenvalue weighted by Gasteiger charge is 2.07. The summed E-state index contributed by atoms with van der Waals surface area (Å²) in [6.07, 6.45) is 0. The summed E-state index contributed by atoms with van der Waals surface area (Å²) in [7, 11) is 0. The van der Waals surface area contributed by atoms with Crippen LogP contribution in [0.3, 0.4) is 0 Å². The quantitative estimate of drug-likeness (QED) is 0.642. The Kier molecular flexibility index (Phi) is 5.82. The van der Waals surface area contributed by atoms with E-state index in [0.717, 1.165) is 11.1 Å². The van der Waals surface area contributed by atoms with Crippen molar-refractivity contribution >= 4 is 23.2 Å². The lowest BCUT2D eigenvalue weighted by atomic mass is 10.1. The number of aryl methyl sites for hydroxylation is 2. The van der Waals surface area contributed by atoms with E-state index in [4.69, 9.17) is 16.3 Å². The Bertz CT molecular complexity index is 765. The van der Waals surface area contributed by atoms with Crippen molar-refractivity contribution in [2.45, 2.75) is 20.8 Å². The van der Waals surface area contributed by atoms with E-state index in [9.17, 15) is 9.90 Å². The van der Waals surface area contributed by atoms with Gasteiger partial charge in [0.2, 0.25) is 0 Å². The Morgan fingerprint density at radius 2 is 1.88 bits per heavy atom. The Balaban J connectivity index is 1.94. The number of rotatable bonds is 5. The Hall–Kier alpha value is -2.53. The van der Waals surface area contributed by atoms with Crippen LogP contribution in [0.25, 0.3) is 0 Å². The maximum atomic E-state index is 11.8. The number of hydrogen-bond acceptors (Lipinski definition) is 4. The van der Waals surface area contributed by atoms with E-state index in [1.807, 2.05) is 13.8 Å². The zero-order valence-corrected chi connectivity index (χ0v) is 14.5. The molecule has 0 spiro atoms. The van der Waals surface area contributed by atoms with Crippen molar-refractivity contribution in [1.82, 2.24) is 5.43 Å². The van der Waals surface area contributed by atoms with Crippen molar-refractivity contribution in [3.05, 3.63) is 58.1 Å². The van der Waals surface area contributed by atoms with E-state index in [-0.39, 0.29) is 12.4 Å². The van der Waals surface area contributed by atoms with E-state index >= 15 is 0 Å². The number of phenols is 1. The van der Waals surface area contributed by atoms with E-state index in [0.29, 0.717) is 22.0 Å². The van der Waals surface area contributed by atoms with Crippen LogP contribution in [-0.2, 0) is 4.79 Å². The molecule has 2 rings (SSSR count). The van der Waals surface area contributed by atoms with Crippen LogP contribution in [0.2, 0.25) is 5.02 Å². The third-order valence-corrected chi connectivity index (χ3v) is 4.02. The SMILES string of the molecule is CC(=NNC(=O)COc1cc(C)c(Cl)c(C)c1)c1ccccc1O. The highest BCUT2D eigenvalue weighted by molar-refractivity contribution is 6.32. The number of benzene rings is 2. The van der Waals surface area contributed by atoms with Gasteiger partial charge in [0.1, 0.15) is 11.5 Å². The number of hydrazone groups is 1. The number of phenolic OH excluding ortho intramolecular Hbond substituents is 1. The first kappa shape index (κ1) is 17.8. The highest BCUT2D eigenvalue weighted by atomic mass is 35.5. The number of carbonyl (C=O) groups is 1. The number of halogens is 1. The van der Waals surface area contributed by atoms with Gasteiger partial charge >= 0.3 is 0 Å². The van der Waals surface area contributed by atoms with Crippen LogP contribution in [0.15, 0.2) is 41.5 Å². The first-order chi connectivity index (χ1) is 11.4. The van der Waals surface area contributed by atoms with Crippen LogP contribution in [-0.4, -0.2) is 23.3 Å². The van der Waals surface area contributed by atoms with Crippen molar-refractivity contribution < 1.29 is 14.6 Å². The molecule has 0 atom stereocenters. The first-order valence-corrected chi connectivity index (χ1v) is 7.77. The summed E-state index contributed by atoms with van der Waals surface area (Å²) in [5.41, 5.74) is 5.24. The molecule has 0 heterocycles. The molecule has 2 aromatic rings. The normalized spacial score (nSPS) is 11.2. The predicted molar refractivity (Wildman–Crippen MR) is 94.9 cm³/mol. The third-order valence-electron chi connectivity index (χ3n) is 3.42. The second-order valence-corrected chi connectivity index (χ2v) is 5.79. The monoisotopic (exact) mass is 346 g/mol. The smallest absolute Gasteiger partial charge is 0.277 e. The molecule has 0 aliphatic heterocycles. The summed E-state index contributed by atoms with van der Waals surface area (Å²) in [6, 6.07) is 10.3. The Morgan fingerprint density at radius 3 is 2.50 bits per heavy atom. The van der Waals surface area contributed by atoms with Gasteiger partial charge in [0.05, 0.1) is 5.71 Å². The summed E-state index contributed by atoms with van der Waals surface area (Å²) in [5.74, 6) is 0.289. The molecule has 0 aromatic heterocycles. The number of aromatic hydroxyl groups is 1. The molecule has 0 unspecified atom stereocenters.